The van der Waals surface area contributed by atoms with E-state index in [9.17, 15) is 0 Å². The largest absolute Gasteiger partial charge is 0.451 e. The first-order chi connectivity index (χ1) is 3.77. The van der Waals surface area contributed by atoms with Gasteiger partial charge in [-0.15, -0.1) is 0 Å². The minimum Gasteiger partial charge on any atom is -0.427 e. The molecule has 0 aromatic rings. The van der Waals surface area contributed by atoms with Gasteiger partial charge in [0, 0.05) is 0 Å². The van der Waals surface area contributed by atoms with E-state index < -0.39 is 7.12 Å². The lowest BCUT2D eigenvalue weighted by molar-refractivity contribution is 0.406. The van der Waals surface area contributed by atoms with Gasteiger partial charge in [0.25, 0.3) is 0 Å². The first-order valence-corrected chi connectivity index (χ1v) is 2.74. The van der Waals surface area contributed by atoms with E-state index in [1.54, 1.807) is 0 Å². The molecule has 0 saturated carbocycles. The predicted octanol–water partition coefficient (Wildman–Crippen LogP) is 0.425. The van der Waals surface area contributed by atoms with Gasteiger partial charge in [-0.3, -0.25) is 0 Å². The highest BCUT2D eigenvalue weighted by Gasteiger charge is 2.01. The van der Waals surface area contributed by atoms with Crippen molar-refractivity contribution in [2.75, 3.05) is 0 Å². The second-order valence-electron chi connectivity index (χ2n) is 1.63. The topological polar surface area (TPSA) is 40.5 Å². The van der Waals surface area contributed by atoms with E-state index in [1.165, 1.54) is 0 Å². The summed E-state index contributed by atoms with van der Waals surface area (Å²) in [5.41, 5.74) is 0. The zero-order valence-corrected chi connectivity index (χ0v) is 5.04. The molecular formula is C5H11BO2. The van der Waals surface area contributed by atoms with Crippen LogP contribution in [0.2, 0.25) is 6.32 Å². The number of rotatable bonds is 3. The van der Waals surface area contributed by atoms with Crippen molar-refractivity contribution in [3.05, 3.63) is 12.2 Å². The Hall–Kier alpha value is -0.275. The summed E-state index contributed by atoms with van der Waals surface area (Å²) in [5, 5.41) is 16.6. The predicted molar refractivity (Wildman–Crippen MR) is 34.4 cm³/mol. The first-order valence-electron chi connectivity index (χ1n) is 2.74. The fourth-order valence-corrected chi connectivity index (χ4v) is 0.412. The SMILES string of the molecule is CC=CCCB(O)O. The summed E-state index contributed by atoms with van der Waals surface area (Å²) < 4.78 is 0. The molecule has 0 heterocycles. The van der Waals surface area contributed by atoms with Crippen LogP contribution >= 0.6 is 0 Å². The highest BCUT2D eigenvalue weighted by atomic mass is 16.4. The molecule has 0 radical (unpaired) electrons. The van der Waals surface area contributed by atoms with Gasteiger partial charge in [0.05, 0.1) is 0 Å². The van der Waals surface area contributed by atoms with Gasteiger partial charge in [0.15, 0.2) is 0 Å². The van der Waals surface area contributed by atoms with Gasteiger partial charge in [0.2, 0.25) is 0 Å². The number of allylic oxidation sites excluding steroid dienone is 2. The Morgan fingerprint density at radius 3 is 2.50 bits per heavy atom. The van der Waals surface area contributed by atoms with Crippen molar-refractivity contribution in [1.29, 1.82) is 0 Å². The number of hydrogen-bond donors (Lipinski definition) is 2. The molecular weight excluding hydrogens is 103 g/mol. The van der Waals surface area contributed by atoms with Crippen molar-refractivity contribution < 1.29 is 10.0 Å². The molecule has 0 bridgehead atoms. The van der Waals surface area contributed by atoms with Gasteiger partial charge in [-0.05, 0) is 19.7 Å². The smallest absolute Gasteiger partial charge is 0.427 e. The minimum atomic E-state index is -1.15. The fourth-order valence-electron chi connectivity index (χ4n) is 0.412. The molecule has 8 heavy (non-hydrogen) atoms. The molecule has 0 fully saturated rings. The molecule has 0 aromatic heterocycles. The van der Waals surface area contributed by atoms with Gasteiger partial charge < -0.3 is 10.0 Å². The van der Waals surface area contributed by atoms with Crippen LogP contribution in [0.4, 0.5) is 0 Å². The molecule has 0 aliphatic rings. The quantitative estimate of drug-likeness (QED) is 0.412. The maximum absolute atomic E-state index is 8.30. The second kappa shape index (κ2) is 4.87. The van der Waals surface area contributed by atoms with Crippen molar-refractivity contribution in [2.24, 2.45) is 0 Å². The van der Waals surface area contributed by atoms with E-state index in [4.69, 9.17) is 10.0 Å². The average Bonchev–Trinajstić information content (AvgIpc) is 1.66. The Balaban J connectivity index is 2.93. The molecule has 0 aromatic carbocycles. The van der Waals surface area contributed by atoms with Crippen LogP contribution in [0.3, 0.4) is 0 Å². The van der Waals surface area contributed by atoms with Crippen molar-refractivity contribution in [3.63, 3.8) is 0 Å². The van der Waals surface area contributed by atoms with E-state index in [2.05, 4.69) is 0 Å². The zero-order valence-electron chi connectivity index (χ0n) is 5.04. The van der Waals surface area contributed by atoms with E-state index >= 15 is 0 Å². The van der Waals surface area contributed by atoms with Gasteiger partial charge >= 0.3 is 7.12 Å². The van der Waals surface area contributed by atoms with E-state index in [0.717, 1.165) is 6.42 Å². The molecule has 0 amide bonds. The van der Waals surface area contributed by atoms with Crippen LogP contribution in [0, 0.1) is 0 Å². The minimum absolute atomic E-state index is 0.435. The lowest BCUT2D eigenvalue weighted by Crippen LogP contribution is -2.08. The molecule has 0 unspecified atom stereocenters. The Labute approximate surface area is 50.0 Å². The summed E-state index contributed by atoms with van der Waals surface area (Å²) in [4.78, 5) is 0. The third kappa shape index (κ3) is 5.72. The van der Waals surface area contributed by atoms with Crippen molar-refractivity contribution in [3.8, 4) is 0 Å². The van der Waals surface area contributed by atoms with Crippen molar-refractivity contribution in [2.45, 2.75) is 19.7 Å². The Morgan fingerprint density at radius 1 is 1.50 bits per heavy atom. The van der Waals surface area contributed by atoms with E-state index in [-0.39, 0.29) is 0 Å². The molecule has 0 spiro atoms. The molecule has 2 N–H and O–H groups in total. The molecule has 0 atom stereocenters. The average molecular weight is 114 g/mol. The van der Waals surface area contributed by atoms with E-state index in [1.807, 2.05) is 19.1 Å². The highest BCUT2D eigenvalue weighted by molar-refractivity contribution is 6.40. The van der Waals surface area contributed by atoms with E-state index in [0.29, 0.717) is 6.32 Å². The third-order valence-corrected chi connectivity index (χ3v) is 0.827. The van der Waals surface area contributed by atoms with Crippen LogP contribution in [-0.2, 0) is 0 Å². The van der Waals surface area contributed by atoms with Crippen LogP contribution in [0.25, 0.3) is 0 Å². The molecule has 3 heteroatoms. The normalized spacial score (nSPS) is 10.4. The van der Waals surface area contributed by atoms with Crippen LogP contribution in [0.15, 0.2) is 12.2 Å². The summed E-state index contributed by atoms with van der Waals surface area (Å²) >= 11 is 0. The Morgan fingerprint density at radius 2 is 2.12 bits per heavy atom. The number of hydrogen-bond acceptors (Lipinski definition) is 2. The molecule has 0 saturated heterocycles. The van der Waals surface area contributed by atoms with Gasteiger partial charge in [-0.25, -0.2) is 0 Å². The fraction of sp³-hybridized carbons (Fsp3) is 0.600. The van der Waals surface area contributed by atoms with Crippen LogP contribution < -0.4 is 0 Å². The molecule has 0 aliphatic carbocycles. The highest BCUT2D eigenvalue weighted by Crippen LogP contribution is 1.92. The molecule has 2 nitrogen and oxygen atoms in total. The van der Waals surface area contributed by atoms with Crippen molar-refractivity contribution >= 4 is 7.12 Å². The van der Waals surface area contributed by atoms with Gasteiger partial charge in [-0.2, -0.15) is 0 Å². The Kier molecular flexibility index (Phi) is 4.71. The summed E-state index contributed by atoms with van der Waals surface area (Å²) in [6.07, 6.45) is 4.97. The van der Waals surface area contributed by atoms with Gasteiger partial charge in [-0.1, -0.05) is 12.2 Å². The van der Waals surface area contributed by atoms with Crippen LogP contribution in [-0.4, -0.2) is 17.2 Å². The molecule has 46 valence electrons. The summed E-state index contributed by atoms with van der Waals surface area (Å²) in [6, 6.07) is 0. The molecule has 0 aliphatic heterocycles. The zero-order chi connectivity index (χ0) is 6.41. The standard InChI is InChI=1S/C5H11BO2/c1-2-3-4-5-6(7)8/h2-3,7-8H,4-5H2,1H3. The lowest BCUT2D eigenvalue weighted by atomic mass is 9.84. The van der Waals surface area contributed by atoms with Crippen molar-refractivity contribution in [1.82, 2.24) is 0 Å². The summed E-state index contributed by atoms with van der Waals surface area (Å²) in [7, 11) is -1.15. The second-order valence-corrected chi connectivity index (χ2v) is 1.63. The maximum atomic E-state index is 8.30. The Bertz CT molecular complexity index is 70.8. The summed E-state index contributed by atoms with van der Waals surface area (Å²) in [5.74, 6) is 0. The summed E-state index contributed by atoms with van der Waals surface area (Å²) in [6.45, 7) is 1.91. The van der Waals surface area contributed by atoms with Crippen LogP contribution in [0.5, 0.6) is 0 Å². The van der Waals surface area contributed by atoms with Gasteiger partial charge in [0.1, 0.15) is 0 Å². The molecule has 0 rings (SSSR count). The van der Waals surface area contributed by atoms with Crippen LogP contribution in [0.1, 0.15) is 13.3 Å². The maximum Gasteiger partial charge on any atom is 0.451 e. The monoisotopic (exact) mass is 114 g/mol. The lowest BCUT2D eigenvalue weighted by Gasteiger charge is -1.90. The first kappa shape index (κ1) is 7.72. The third-order valence-electron chi connectivity index (χ3n) is 0.827.